The number of pyridine rings is 1. The third-order valence-electron chi connectivity index (χ3n) is 6.61. The lowest BCUT2D eigenvalue weighted by Gasteiger charge is -2.22. The summed E-state index contributed by atoms with van der Waals surface area (Å²) in [4.78, 5) is 29.9. The molecule has 2 aromatic carbocycles. The Morgan fingerprint density at radius 1 is 0.980 bits per heavy atom. The highest BCUT2D eigenvalue weighted by atomic mass is 19.4. The minimum Gasteiger partial charge on any atom is -0.491 e. The summed E-state index contributed by atoms with van der Waals surface area (Å²) in [5, 5.41) is 19.5. The number of halogens is 7. The lowest BCUT2D eigenvalue weighted by atomic mass is 9.99. The van der Waals surface area contributed by atoms with Gasteiger partial charge < -0.3 is 35.4 Å². The topological polar surface area (TPSA) is 177 Å². The fourth-order valence-corrected chi connectivity index (χ4v) is 4.29. The van der Waals surface area contributed by atoms with Crippen LogP contribution in [-0.2, 0) is 16.0 Å². The highest BCUT2D eigenvalue weighted by Crippen LogP contribution is 2.35. The lowest BCUT2D eigenvalue weighted by molar-refractivity contribution is -0.193. The van der Waals surface area contributed by atoms with Crippen molar-refractivity contribution in [3.05, 3.63) is 89.5 Å². The number of aryl methyl sites for hydroxylation is 2. The summed E-state index contributed by atoms with van der Waals surface area (Å²) in [6.45, 7) is 6.12. The molecule has 0 bridgehead atoms. The standard InChI is InChI=1S/C28H28FN5O2.2C2HF3O2/c1-4-17-12-21(25(29)24(13-17)35-5-2)26(28-32-15-22(34-28)23-9-6-16(3)36-23)33-19-7-8-20-18(14-19)10-11-31-27(20)30;2*3-2(4,5)1(6)7/h6-15,26,33H,4-5H2,1-3H3,(H2,30,31)(H,32,34);2*(H,6,7). The van der Waals surface area contributed by atoms with Crippen molar-refractivity contribution in [1.82, 2.24) is 15.0 Å². The zero-order valence-electron chi connectivity index (χ0n) is 26.4. The molecule has 0 aliphatic rings. The molecule has 0 fully saturated rings. The van der Waals surface area contributed by atoms with E-state index in [9.17, 15) is 26.3 Å². The molecule has 268 valence electrons. The van der Waals surface area contributed by atoms with Crippen molar-refractivity contribution in [2.45, 2.75) is 45.6 Å². The van der Waals surface area contributed by atoms with Gasteiger partial charge in [-0.25, -0.2) is 23.9 Å². The Kier molecular flexibility index (Phi) is 12.4. The molecule has 3 aromatic heterocycles. The summed E-state index contributed by atoms with van der Waals surface area (Å²) in [5.74, 6) is -3.25. The molecule has 6 N–H and O–H groups in total. The number of furan rings is 1. The van der Waals surface area contributed by atoms with Gasteiger partial charge in [-0.3, -0.25) is 0 Å². The second-order valence-electron chi connectivity index (χ2n) is 10.2. The lowest BCUT2D eigenvalue weighted by Crippen LogP contribution is -2.21. The molecular formula is C32H30F7N5O6. The van der Waals surface area contributed by atoms with Crippen LogP contribution in [0.15, 0.2) is 65.3 Å². The first-order valence-corrected chi connectivity index (χ1v) is 14.4. The number of alkyl halides is 6. The van der Waals surface area contributed by atoms with Gasteiger partial charge in [-0.15, -0.1) is 0 Å². The second-order valence-corrected chi connectivity index (χ2v) is 10.2. The minimum atomic E-state index is -5.08. The summed E-state index contributed by atoms with van der Waals surface area (Å²) in [6, 6.07) is 14.4. The van der Waals surface area contributed by atoms with Gasteiger partial charge in [0.25, 0.3) is 0 Å². The van der Waals surface area contributed by atoms with Gasteiger partial charge in [-0.2, -0.15) is 26.3 Å². The maximum absolute atomic E-state index is 15.8. The third-order valence-corrected chi connectivity index (χ3v) is 6.61. The highest BCUT2D eigenvalue weighted by molar-refractivity contribution is 5.93. The molecule has 3 heterocycles. The predicted molar refractivity (Wildman–Crippen MR) is 167 cm³/mol. The van der Waals surface area contributed by atoms with Crippen LogP contribution in [-0.4, -0.2) is 56.1 Å². The molecule has 50 heavy (non-hydrogen) atoms. The average Bonchev–Trinajstić information content (AvgIpc) is 3.70. The van der Waals surface area contributed by atoms with Crippen molar-refractivity contribution in [1.29, 1.82) is 0 Å². The second kappa shape index (κ2) is 16.1. The number of nitrogen functional groups attached to an aromatic ring is 1. The Morgan fingerprint density at radius 3 is 2.16 bits per heavy atom. The number of imidazole rings is 1. The number of fused-ring (bicyclic) bond motifs is 1. The first-order chi connectivity index (χ1) is 23.3. The Hall–Kier alpha value is -5.81. The number of ether oxygens (including phenoxy) is 1. The van der Waals surface area contributed by atoms with E-state index in [-0.39, 0.29) is 5.75 Å². The Bertz CT molecular complexity index is 1910. The summed E-state index contributed by atoms with van der Waals surface area (Å²) in [7, 11) is 0. The number of hydrogen-bond acceptors (Lipinski definition) is 8. The maximum atomic E-state index is 15.8. The predicted octanol–water partition coefficient (Wildman–Crippen LogP) is 7.68. The van der Waals surface area contributed by atoms with Gasteiger partial charge in [0.15, 0.2) is 17.3 Å². The maximum Gasteiger partial charge on any atom is 0.490 e. The first-order valence-electron chi connectivity index (χ1n) is 14.4. The van der Waals surface area contributed by atoms with Gasteiger partial charge in [0, 0.05) is 22.8 Å². The number of aromatic amines is 1. The monoisotopic (exact) mass is 713 g/mol. The molecule has 0 aliphatic carbocycles. The van der Waals surface area contributed by atoms with Crippen LogP contribution in [0.5, 0.6) is 5.75 Å². The van der Waals surface area contributed by atoms with Gasteiger partial charge in [0.05, 0.1) is 12.8 Å². The number of rotatable bonds is 8. The van der Waals surface area contributed by atoms with E-state index >= 15 is 4.39 Å². The summed E-state index contributed by atoms with van der Waals surface area (Å²) in [5.41, 5.74) is 8.92. The molecule has 5 rings (SSSR count). The fraction of sp³-hybridized carbons (Fsp3) is 0.250. The summed E-state index contributed by atoms with van der Waals surface area (Å²) >= 11 is 0. The number of hydrogen-bond donors (Lipinski definition) is 5. The van der Waals surface area contributed by atoms with E-state index in [1.165, 1.54) is 0 Å². The average molecular weight is 714 g/mol. The molecule has 0 spiro atoms. The van der Waals surface area contributed by atoms with Gasteiger partial charge in [0.2, 0.25) is 0 Å². The largest absolute Gasteiger partial charge is 0.491 e. The van der Waals surface area contributed by atoms with Crippen LogP contribution >= 0.6 is 0 Å². The summed E-state index contributed by atoms with van der Waals surface area (Å²) in [6.07, 6.45) is -6.07. The van der Waals surface area contributed by atoms with E-state index in [0.29, 0.717) is 35.3 Å². The number of anilines is 2. The van der Waals surface area contributed by atoms with E-state index in [4.69, 9.17) is 34.7 Å². The molecule has 0 radical (unpaired) electrons. The van der Waals surface area contributed by atoms with Crippen LogP contribution in [0.4, 0.5) is 42.2 Å². The zero-order valence-corrected chi connectivity index (χ0v) is 26.4. The molecule has 11 nitrogen and oxygen atoms in total. The Balaban J connectivity index is 0.000000408. The molecule has 0 amide bonds. The number of aliphatic carboxylic acids is 2. The van der Waals surface area contributed by atoms with Crippen molar-refractivity contribution in [2.75, 3.05) is 17.7 Å². The van der Waals surface area contributed by atoms with Crippen molar-refractivity contribution >= 4 is 34.2 Å². The molecular weight excluding hydrogens is 683 g/mol. The molecule has 1 atom stereocenters. The number of benzene rings is 2. The molecule has 18 heteroatoms. The van der Waals surface area contributed by atoms with Crippen LogP contribution < -0.4 is 15.8 Å². The fourth-order valence-electron chi connectivity index (χ4n) is 4.29. The van der Waals surface area contributed by atoms with Gasteiger partial charge >= 0.3 is 24.3 Å². The number of carbonyl (C=O) groups is 2. The number of aromatic nitrogens is 3. The van der Waals surface area contributed by atoms with Crippen molar-refractivity contribution in [3.63, 3.8) is 0 Å². The minimum absolute atomic E-state index is 0.226. The number of nitrogens with zero attached hydrogens (tertiary/aromatic N) is 2. The van der Waals surface area contributed by atoms with E-state index in [1.54, 1.807) is 18.5 Å². The Labute approximate surface area is 278 Å². The van der Waals surface area contributed by atoms with Gasteiger partial charge in [0.1, 0.15) is 29.1 Å². The highest BCUT2D eigenvalue weighted by Gasteiger charge is 2.39. The van der Waals surface area contributed by atoms with E-state index in [0.717, 1.165) is 34.2 Å². The first kappa shape index (κ1) is 38.6. The summed E-state index contributed by atoms with van der Waals surface area (Å²) < 4.78 is 90.7. The zero-order chi connectivity index (χ0) is 37.4. The van der Waals surface area contributed by atoms with Crippen molar-refractivity contribution in [2.24, 2.45) is 0 Å². The molecule has 0 saturated heterocycles. The number of carboxylic acids is 2. The molecule has 5 aromatic rings. The third kappa shape index (κ3) is 10.1. The van der Waals surface area contributed by atoms with Crippen LogP contribution in [0.25, 0.3) is 22.2 Å². The van der Waals surface area contributed by atoms with Crippen LogP contribution in [0.2, 0.25) is 0 Å². The van der Waals surface area contributed by atoms with E-state index in [1.807, 2.05) is 63.2 Å². The molecule has 0 saturated carbocycles. The van der Waals surface area contributed by atoms with Gasteiger partial charge in [-0.1, -0.05) is 13.0 Å². The number of H-pyrrole nitrogens is 1. The number of nitrogens with one attached hydrogen (secondary N) is 2. The van der Waals surface area contributed by atoms with Crippen molar-refractivity contribution < 1.29 is 59.7 Å². The van der Waals surface area contributed by atoms with Gasteiger partial charge in [-0.05, 0) is 73.7 Å². The molecule has 1 unspecified atom stereocenters. The quantitative estimate of drug-likeness (QED) is 0.100. The van der Waals surface area contributed by atoms with E-state index < -0.39 is 36.2 Å². The normalized spacial score (nSPS) is 11.9. The number of carboxylic acid groups (broad SMARTS) is 2. The van der Waals surface area contributed by atoms with Crippen molar-refractivity contribution in [3.8, 4) is 17.2 Å². The Morgan fingerprint density at radius 2 is 1.62 bits per heavy atom. The smallest absolute Gasteiger partial charge is 0.490 e. The SMILES string of the molecule is CCOc1cc(CC)cc(C(Nc2ccc3c(N)nccc3c2)c2ncc(-c3ccc(C)o3)[nH]2)c1F.O=C(O)C(F)(F)F.O=C(O)C(F)(F)F. The van der Waals surface area contributed by atoms with E-state index in [2.05, 4.69) is 20.3 Å². The number of nitrogens with two attached hydrogens (primary N) is 1. The van der Waals surface area contributed by atoms with Crippen LogP contribution in [0.3, 0.4) is 0 Å². The molecule has 0 aliphatic heterocycles. The van der Waals surface area contributed by atoms with Crippen LogP contribution in [0.1, 0.15) is 42.6 Å². The van der Waals surface area contributed by atoms with Crippen LogP contribution in [0, 0.1) is 12.7 Å².